The zero-order valence-electron chi connectivity index (χ0n) is 11.5. The Labute approximate surface area is 139 Å². The van der Waals surface area contributed by atoms with E-state index in [2.05, 4.69) is 70.6 Å². The number of allylic oxidation sites excluding steroid dienone is 4. The van der Waals surface area contributed by atoms with Crippen LogP contribution in [-0.2, 0) is 4.32 Å². The van der Waals surface area contributed by atoms with Gasteiger partial charge in [0.05, 0.1) is 9.19 Å². The molecule has 0 saturated heterocycles. The number of hydrogen-bond donors (Lipinski definition) is 0. The van der Waals surface area contributed by atoms with Crippen molar-refractivity contribution in [2.75, 3.05) is 0 Å². The first-order chi connectivity index (χ1) is 10.2. The lowest BCUT2D eigenvalue weighted by atomic mass is 9.88. The van der Waals surface area contributed by atoms with Gasteiger partial charge >= 0.3 is 0 Å². The second-order valence-corrected chi connectivity index (χ2v) is 6.94. The molecule has 0 radical (unpaired) electrons. The Balaban J connectivity index is 1.82. The molecule has 0 fully saturated rings. The highest BCUT2D eigenvalue weighted by atomic mass is 79.9. The highest BCUT2D eigenvalue weighted by molar-refractivity contribution is 9.09. The summed E-state index contributed by atoms with van der Waals surface area (Å²) in [5.74, 6) is 0. The Morgan fingerprint density at radius 2 is 1.57 bits per heavy atom. The van der Waals surface area contributed by atoms with Crippen LogP contribution in [0.2, 0.25) is 0 Å². The Hall–Kier alpha value is -1.51. The van der Waals surface area contributed by atoms with Gasteiger partial charge in [0.15, 0.2) is 0 Å². The van der Waals surface area contributed by atoms with E-state index in [1.807, 2.05) is 24.3 Å². The van der Waals surface area contributed by atoms with E-state index in [9.17, 15) is 0 Å². The SMILES string of the molecule is S=C(C1=CCC(Br)(c2ccccc2)C=C1)c1ccccc1. The molecule has 2 heteroatoms. The van der Waals surface area contributed by atoms with Crippen LogP contribution in [0.25, 0.3) is 0 Å². The fourth-order valence-electron chi connectivity index (χ4n) is 2.47. The van der Waals surface area contributed by atoms with Crippen molar-refractivity contribution in [1.29, 1.82) is 0 Å². The van der Waals surface area contributed by atoms with Crippen molar-refractivity contribution in [2.45, 2.75) is 10.7 Å². The summed E-state index contributed by atoms with van der Waals surface area (Å²) in [4.78, 5) is 0.912. The highest BCUT2D eigenvalue weighted by Crippen LogP contribution is 2.40. The maximum Gasteiger partial charge on any atom is 0.0723 e. The summed E-state index contributed by atoms with van der Waals surface area (Å²) in [7, 11) is 0. The summed E-state index contributed by atoms with van der Waals surface area (Å²) >= 11 is 9.46. The molecule has 3 rings (SSSR count). The topological polar surface area (TPSA) is 0 Å². The van der Waals surface area contributed by atoms with E-state index in [4.69, 9.17) is 12.2 Å². The predicted octanol–water partition coefficient (Wildman–Crippen LogP) is 5.58. The van der Waals surface area contributed by atoms with Gasteiger partial charge in [0, 0.05) is 0 Å². The molecule has 0 heterocycles. The summed E-state index contributed by atoms with van der Waals surface area (Å²) < 4.78 is -0.121. The highest BCUT2D eigenvalue weighted by Gasteiger charge is 2.27. The molecule has 2 aromatic carbocycles. The standard InChI is InChI=1S/C19H15BrS/c20-19(17-9-5-2-6-10-17)13-11-16(12-14-19)18(21)15-7-3-1-4-8-15/h1-13H,14H2. The zero-order valence-corrected chi connectivity index (χ0v) is 13.9. The molecule has 1 aliphatic rings. The molecule has 0 N–H and O–H groups in total. The van der Waals surface area contributed by atoms with Crippen LogP contribution < -0.4 is 0 Å². The summed E-state index contributed by atoms with van der Waals surface area (Å²) in [5, 5.41) is 0. The van der Waals surface area contributed by atoms with Gasteiger partial charge in [-0.05, 0) is 23.1 Å². The van der Waals surface area contributed by atoms with Crippen molar-refractivity contribution in [3.05, 3.63) is 95.6 Å². The van der Waals surface area contributed by atoms with Crippen LogP contribution in [0.4, 0.5) is 0 Å². The molecule has 104 valence electrons. The lowest BCUT2D eigenvalue weighted by molar-refractivity contribution is 0.794. The zero-order chi connectivity index (χ0) is 14.7. The van der Waals surface area contributed by atoms with Gasteiger partial charge in [-0.25, -0.2) is 0 Å². The van der Waals surface area contributed by atoms with Crippen molar-refractivity contribution in [1.82, 2.24) is 0 Å². The number of rotatable bonds is 3. The smallest absolute Gasteiger partial charge is 0.0723 e. The van der Waals surface area contributed by atoms with E-state index in [0.29, 0.717) is 0 Å². The molecular formula is C19H15BrS. The Bertz CT molecular complexity index is 701. The minimum Gasteiger partial charge on any atom is -0.0788 e. The minimum absolute atomic E-state index is 0.121. The molecule has 0 aromatic heterocycles. The second kappa shape index (κ2) is 6.08. The Morgan fingerprint density at radius 3 is 2.14 bits per heavy atom. The van der Waals surface area contributed by atoms with Gasteiger partial charge in [-0.15, -0.1) is 0 Å². The van der Waals surface area contributed by atoms with Gasteiger partial charge in [0.25, 0.3) is 0 Å². The monoisotopic (exact) mass is 354 g/mol. The largest absolute Gasteiger partial charge is 0.0788 e. The Morgan fingerprint density at radius 1 is 0.952 bits per heavy atom. The van der Waals surface area contributed by atoms with Crippen LogP contribution in [0, 0.1) is 0 Å². The van der Waals surface area contributed by atoms with E-state index >= 15 is 0 Å². The molecule has 21 heavy (non-hydrogen) atoms. The van der Waals surface area contributed by atoms with Gasteiger partial charge in [0.1, 0.15) is 0 Å². The van der Waals surface area contributed by atoms with Crippen molar-refractivity contribution < 1.29 is 0 Å². The van der Waals surface area contributed by atoms with Crippen LogP contribution >= 0.6 is 28.1 Å². The lowest BCUT2D eigenvalue weighted by Gasteiger charge is -2.26. The van der Waals surface area contributed by atoms with Crippen LogP contribution in [-0.4, -0.2) is 4.86 Å². The third-order valence-corrected chi connectivity index (χ3v) is 5.22. The van der Waals surface area contributed by atoms with Crippen molar-refractivity contribution in [3.63, 3.8) is 0 Å². The third-order valence-electron chi connectivity index (χ3n) is 3.70. The number of alkyl halides is 1. The minimum atomic E-state index is -0.121. The van der Waals surface area contributed by atoms with Gasteiger partial charge in [-0.3, -0.25) is 0 Å². The first kappa shape index (κ1) is 14.4. The van der Waals surface area contributed by atoms with Crippen molar-refractivity contribution in [3.8, 4) is 0 Å². The molecule has 0 amide bonds. The van der Waals surface area contributed by atoms with Crippen molar-refractivity contribution in [2.24, 2.45) is 0 Å². The maximum absolute atomic E-state index is 5.60. The molecule has 0 bridgehead atoms. The van der Waals surface area contributed by atoms with Gasteiger partial charge in [0.2, 0.25) is 0 Å². The van der Waals surface area contributed by atoms with Crippen molar-refractivity contribution >= 4 is 33.0 Å². The molecule has 0 spiro atoms. The number of benzene rings is 2. The third kappa shape index (κ3) is 3.07. The van der Waals surface area contributed by atoms with E-state index < -0.39 is 0 Å². The average molecular weight is 355 g/mol. The first-order valence-corrected chi connectivity index (χ1v) is 8.13. The van der Waals surface area contributed by atoms with Crippen LogP contribution in [0.15, 0.2) is 84.5 Å². The average Bonchev–Trinajstić information content (AvgIpc) is 2.57. The number of thiocarbonyl (C=S) groups is 1. The fraction of sp³-hybridized carbons (Fsp3) is 0.105. The molecule has 0 saturated carbocycles. The molecule has 1 atom stereocenters. The van der Waals surface area contributed by atoms with Gasteiger partial charge in [-0.2, -0.15) is 0 Å². The summed E-state index contributed by atoms with van der Waals surface area (Å²) in [6.07, 6.45) is 7.44. The second-order valence-electron chi connectivity index (χ2n) is 5.12. The first-order valence-electron chi connectivity index (χ1n) is 6.93. The molecule has 2 aromatic rings. The normalized spacial score (nSPS) is 20.9. The number of halogens is 1. The molecule has 0 nitrogen and oxygen atoms in total. The molecule has 1 unspecified atom stereocenters. The van der Waals surface area contributed by atoms with Crippen LogP contribution in [0.3, 0.4) is 0 Å². The van der Waals surface area contributed by atoms with Crippen LogP contribution in [0.1, 0.15) is 17.5 Å². The molecule has 1 aliphatic carbocycles. The summed E-state index contributed by atoms with van der Waals surface area (Å²) in [6.45, 7) is 0. The summed E-state index contributed by atoms with van der Waals surface area (Å²) in [5.41, 5.74) is 3.49. The van der Waals surface area contributed by atoms with Crippen LogP contribution in [0.5, 0.6) is 0 Å². The predicted molar refractivity (Wildman–Crippen MR) is 97.0 cm³/mol. The van der Waals surface area contributed by atoms with E-state index in [0.717, 1.165) is 22.4 Å². The van der Waals surface area contributed by atoms with E-state index in [1.165, 1.54) is 5.56 Å². The maximum atomic E-state index is 5.60. The van der Waals surface area contributed by atoms with E-state index in [1.54, 1.807) is 0 Å². The number of hydrogen-bond acceptors (Lipinski definition) is 1. The van der Waals surface area contributed by atoms with Gasteiger partial charge < -0.3 is 0 Å². The summed E-state index contributed by atoms with van der Waals surface area (Å²) in [6, 6.07) is 20.6. The lowest BCUT2D eigenvalue weighted by Crippen LogP contribution is -2.17. The Kier molecular flexibility index (Phi) is 4.18. The van der Waals surface area contributed by atoms with Gasteiger partial charge in [-0.1, -0.05) is 107 Å². The fourth-order valence-corrected chi connectivity index (χ4v) is 3.32. The molecule has 0 aliphatic heterocycles. The van der Waals surface area contributed by atoms with E-state index in [-0.39, 0.29) is 4.32 Å². The quantitative estimate of drug-likeness (QED) is 0.393. The molecular weight excluding hydrogens is 340 g/mol.